The molecule has 16 heavy (non-hydrogen) atoms. The maximum Gasteiger partial charge on any atom is 0.132 e. The third kappa shape index (κ3) is 3.09. The molecule has 0 saturated heterocycles. The van der Waals surface area contributed by atoms with E-state index < -0.39 is 16.0 Å². The molecule has 4 atom stereocenters. The van der Waals surface area contributed by atoms with Crippen molar-refractivity contribution < 1.29 is 20.3 Å². The molecule has 1 fully saturated rings. The lowest BCUT2D eigenvalue weighted by Crippen LogP contribution is -3.18. The van der Waals surface area contributed by atoms with E-state index in [9.17, 15) is 10.4 Å². The molecule has 4 unspecified atom stereocenters. The van der Waals surface area contributed by atoms with Crippen molar-refractivity contribution >= 4 is 0 Å². The van der Waals surface area contributed by atoms with E-state index >= 15 is 0 Å². The molecular formula is C8H20N4O4. The quantitative estimate of drug-likeness (QED) is 0.314. The molecule has 8 nitrogen and oxygen atoms in total. The van der Waals surface area contributed by atoms with Gasteiger partial charge in [-0.25, -0.2) is 5.23 Å². The summed E-state index contributed by atoms with van der Waals surface area (Å²) in [7, 11) is 0. The molecule has 0 aromatic carbocycles. The second kappa shape index (κ2) is 5.84. The largest absolute Gasteiger partial charge is 0.598 e. The van der Waals surface area contributed by atoms with Crippen LogP contribution in [-0.2, 0) is 9.88 Å². The smallest absolute Gasteiger partial charge is 0.132 e. The van der Waals surface area contributed by atoms with Crippen LogP contribution in [0.3, 0.4) is 0 Å². The van der Waals surface area contributed by atoms with Crippen molar-refractivity contribution in [2.75, 3.05) is 0 Å². The summed E-state index contributed by atoms with van der Waals surface area (Å²) in [5.74, 6) is 9.76. The maximum absolute atomic E-state index is 11.6. The highest BCUT2D eigenvalue weighted by molar-refractivity contribution is 4.80. The third-order valence-corrected chi connectivity index (χ3v) is 3.28. The lowest BCUT2D eigenvalue weighted by atomic mass is 9.91. The van der Waals surface area contributed by atoms with Crippen LogP contribution < -0.4 is 22.2 Å². The van der Waals surface area contributed by atoms with Crippen LogP contribution in [0, 0.1) is 10.4 Å². The average Bonchev–Trinajstić information content (AvgIpc) is 2.50. The third-order valence-electron chi connectivity index (χ3n) is 3.28. The predicted molar refractivity (Wildman–Crippen MR) is 54.5 cm³/mol. The van der Waals surface area contributed by atoms with E-state index in [-0.39, 0.29) is 6.04 Å². The second-order valence-electron chi connectivity index (χ2n) is 4.55. The Kier molecular flexibility index (Phi) is 5.02. The van der Waals surface area contributed by atoms with Gasteiger partial charge in [-0.1, -0.05) is 0 Å². The highest BCUT2D eigenvalue weighted by Gasteiger charge is 2.40. The van der Waals surface area contributed by atoms with Crippen LogP contribution in [0.4, 0.5) is 0 Å². The Hall–Kier alpha value is -0.320. The monoisotopic (exact) mass is 236 g/mol. The van der Waals surface area contributed by atoms with Crippen molar-refractivity contribution in [3.05, 3.63) is 10.4 Å². The van der Waals surface area contributed by atoms with Crippen LogP contribution in [0.25, 0.3) is 0 Å². The molecule has 0 spiro atoms. The van der Waals surface area contributed by atoms with E-state index in [1.54, 1.807) is 6.92 Å². The molecule has 0 radical (unpaired) electrons. The minimum absolute atomic E-state index is 0.350. The fourth-order valence-electron chi connectivity index (χ4n) is 2.28. The first-order valence-electron chi connectivity index (χ1n) is 5.35. The summed E-state index contributed by atoms with van der Waals surface area (Å²) < 4.78 is 0. The summed E-state index contributed by atoms with van der Waals surface area (Å²) in [6, 6.07) is -0.350. The number of rotatable bonds is 4. The van der Waals surface area contributed by atoms with Gasteiger partial charge < -0.3 is 10.4 Å². The van der Waals surface area contributed by atoms with E-state index in [4.69, 9.17) is 11.8 Å². The maximum atomic E-state index is 11.6. The highest BCUT2D eigenvalue weighted by Crippen LogP contribution is 2.23. The van der Waals surface area contributed by atoms with Crippen LogP contribution in [0.15, 0.2) is 0 Å². The number of hydrogen-bond acceptors (Lipinski definition) is 6. The van der Waals surface area contributed by atoms with Crippen LogP contribution in [-0.4, -0.2) is 11.6 Å². The summed E-state index contributed by atoms with van der Waals surface area (Å²) in [6.07, 6.45) is 3.45. The zero-order chi connectivity index (χ0) is 12.2. The molecular weight excluding hydrogens is 216 g/mol. The normalized spacial score (nSPS) is 35.4. The Morgan fingerprint density at radius 2 is 1.94 bits per heavy atom. The molecule has 0 aliphatic heterocycles. The number of nitrogens with two attached hydrogens (primary N) is 2. The molecule has 0 aromatic rings. The highest BCUT2D eigenvalue weighted by atomic mass is 17.0. The van der Waals surface area contributed by atoms with Crippen LogP contribution in [0.5, 0.6) is 0 Å². The molecule has 1 aliphatic rings. The number of hydroxylamine groups is 4. The van der Waals surface area contributed by atoms with Crippen LogP contribution in [0.1, 0.15) is 39.0 Å². The van der Waals surface area contributed by atoms with Gasteiger partial charge in [-0.05, 0) is 19.8 Å². The molecule has 8 heteroatoms. The van der Waals surface area contributed by atoms with Crippen molar-refractivity contribution in [1.29, 1.82) is 0 Å². The number of nitrogens with one attached hydrogen (secondary N) is 2. The minimum atomic E-state index is -0.718. The van der Waals surface area contributed by atoms with Crippen LogP contribution >= 0.6 is 0 Å². The molecule has 1 aliphatic carbocycles. The predicted octanol–water partition coefficient (Wildman–Crippen LogP) is -2.55. The first-order chi connectivity index (χ1) is 7.53. The fourth-order valence-corrected chi connectivity index (χ4v) is 2.28. The Morgan fingerprint density at radius 3 is 2.50 bits per heavy atom. The molecule has 96 valence electrons. The van der Waals surface area contributed by atoms with Gasteiger partial charge in [0.15, 0.2) is 0 Å². The van der Waals surface area contributed by atoms with Crippen molar-refractivity contribution in [3.63, 3.8) is 0 Å². The van der Waals surface area contributed by atoms with Crippen molar-refractivity contribution in [3.8, 4) is 0 Å². The molecule has 1 saturated carbocycles. The first kappa shape index (κ1) is 13.7. The van der Waals surface area contributed by atoms with Gasteiger partial charge in [0.25, 0.3) is 0 Å². The summed E-state index contributed by atoms with van der Waals surface area (Å²) in [5.41, 5.74) is -0.718. The van der Waals surface area contributed by atoms with E-state index in [2.05, 4.69) is 9.88 Å². The van der Waals surface area contributed by atoms with Crippen molar-refractivity contribution in [1.82, 2.24) is 0 Å². The minimum Gasteiger partial charge on any atom is -0.598 e. The molecule has 0 bridgehead atoms. The zero-order valence-corrected chi connectivity index (χ0v) is 9.40. The van der Waals surface area contributed by atoms with Gasteiger partial charge in [0.05, 0.1) is 6.42 Å². The molecule has 0 heterocycles. The lowest BCUT2D eigenvalue weighted by Gasteiger charge is -2.38. The van der Waals surface area contributed by atoms with Gasteiger partial charge in [0.1, 0.15) is 11.6 Å². The standard InChI is InChI=1S/C8H20N4O4/c1-8(12(14)16-10)5-3-2-4-7(6-8)11(13)15-9/h7,11-12H,2-6,9-10H2,1H3. The van der Waals surface area contributed by atoms with Gasteiger partial charge >= 0.3 is 0 Å². The molecule has 1 rings (SSSR count). The zero-order valence-electron chi connectivity index (χ0n) is 9.40. The lowest BCUT2D eigenvalue weighted by molar-refractivity contribution is -1.11. The van der Waals surface area contributed by atoms with Gasteiger partial charge in [-0.15, -0.1) is 9.88 Å². The van der Waals surface area contributed by atoms with Crippen molar-refractivity contribution in [2.45, 2.75) is 50.6 Å². The Bertz CT molecular complexity index is 220. The van der Waals surface area contributed by atoms with Crippen LogP contribution in [0.2, 0.25) is 0 Å². The Morgan fingerprint density at radius 1 is 1.25 bits per heavy atom. The summed E-state index contributed by atoms with van der Waals surface area (Å²) in [4.78, 5) is 8.52. The van der Waals surface area contributed by atoms with E-state index in [0.29, 0.717) is 19.3 Å². The SMILES string of the molecule is CC1([NH+]([O-])ON)CCCCC([NH+]([O-])ON)C1. The van der Waals surface area contributed by atoms with E-state index in [1.165, 1.54) is 0 Å². The number of quaternary nitrogens is 2. The molecule has 0 aromatic heterocycles. The van der Waals surface area contributed by atoms with Gasteiger partial charge in [0.2, 0.25) is 0 Å². The Labute approximate surface area is 94.0 Å². The fraction of sp³-hybridized carbons (Fsp3) is 1.00. The number of hydrogen-bond donors (Lipinski definition) is 4. The first-order valence-corrected chi connectivity index (χ1v) is 5.35. The molecule has 0 amide bonds. The van der Waals surface area contributed by atoms with Gasteiger partial charge in [-0.2, -0.15) is 17.0 Å². The molecule has 6 N–H and O–H groups in total. The topological polar surface area (TPSA) is 126 Å². The van der Waals surface area contributed by atoms with E-state index in [1.807, 2.05) is 0 Å². The van der Waals surface area contributed by atoms with Crippen molar-refractivity contribution in [2.24, 2.45) is 11.8 Å². The van der Waals surface area contributed by atoms with Gasteiger partial charge in [-0.3, -0.25) is 0 Å². The van der Waals surface area contributed by atoms with E-state index in [0.717, 1.165) is 12.8 Å². The summed E-state index contributed by atoms with van der Waals surface area (Å²) >= 11 is 0. The summed E-state index contributed by atoms with van der Waals surface area (Å²) in [6.45, 7) is 1.75. The summed E-state index contributed by atoms with van der Waals surface area (Å²) in [5, 5.41) is 22.0. The second-order valence-corrected chi connectivity index (χ2v) is 4.55. The Balaban J connectivity index is 2.71. The average molecular weight is 236 g/mol. The van der Waals surface area contributed by atoms with Gasteiger partial charge in [0, 0.05) is 12.8 Å².